The van der Waals surface area contributed by atoms with Crippen LogP contribution in [-0.4, -0.2) is 14.9 Å². The monoisotopic (exact) mass is 317 g/mol. The predicted octanol–water partition coefficient (Wildman–Crippen LogP) is 2.49. The van der Waals surface area contributed by atoms with E-state index in [1.165, 1.54) is 4.68 Å². The lowest BCUT2D eigenvalue weighted by atomic mass is 10.1. The minimum Gasteiger partial charge on any atom is -0.507 e. The van der Waals surface area contributed by atoms with Crippen LogP contribution in [0.1, 0.15) is 16.8 Å². The van der Waals surface area contributed by atoms with Gasteiger partial charge in [0, 0.05) is 5.56 Å². The molecule has 1 heterocycles. The zero-order valence-electron chi connectivity index (χ0n) is 12.7. The summed E-state index contributed by atoms with van der Waals surface area (Å²) in [6.45, 7) is 0. The second-order valence-electron chi connectivity index (χ2n) is 5.13. The second kappa shape index (κ2) is 6.18. The maximum atomic E-state index is 9.86. The molecule has 0 saturated heterocycles. The van der Waals surface area contributed by atoms with Gasteiger partial charge in [-0.2, -0.15) is 10.4 Å². The van der Waals surface area contributed by atoms with Crippen LogP contribution in [0, 0.1) is 11.3 Å². The standard InChI is InChI=1S/C18H15N5O/c19-11-14-17(15(20)10-12-6-4-5-9-16(12)24)22-23(18(14)21)13-7-2-1-3-8-13/h1-10,24H,20-21H2/b15-10-. The number of nitrogens with two attached hydrogens (primary N) is 2. The van der Waals surface area contributed by atoms with E-state index in [4.69, 9.17) is 11.5 Å². The largest absolute Gasteiger partial charge is 0.507 e. The molecule has 3 aromatic rings. The van der Waals surface area contributed by atoms with Crippen molar-refractivity contribution in [1.29, 1.82) is 5.26 Å². The number of benzene rings is 2. The Labute approximate surface area is 138 Å². The Kier molecular flexibility index (Phi) is 3.91. The van der Waals surface area contributed by atoms with E-state index in [1.54, 1.807) is 30.3 Å². The fraction of sp³-hybridized carbons (Fsp3) is 0. The molecule has 0 saturated carbocycles. The lowest BCUT2D eigenvalue weighted by molar-refractivity contribution is 0.474. The van der Waals surface area contributed by atoms with Crippen molar-refractivity contribution < 1.29 is 5.11 Å². The summed E-state index contributed by atoms with van der Waals surface area (Å²) >= 11 is 0. The summed E-state index contributed by atoms with van der Waals surface area (Å²) in [5.41, 5.74) is 14.1. The maximum Gasteiger partial charge on any atom is 0.145 e. The molecule has 0 unspecified atom stereocenters. The van der Waals surface area contributed by atoms with Crippen LogP contribution in [0.4, 0.5) is 5.82 Å². The Bertz CT molecular complexity index is 951. The smallest absolute Gasteiger partial charge is 0.145 e. The normalized spacial score (nSPS) is 11.2. The van der Waals surface area contributed by atoms with Crippen molar-refractivity contribution in [2.75, 3.05) is 5.73 Å². The molecule has 0 fully saturated rings. The highest BCUT2D eigenvalue weighted by molar-refractivity contribution is 5.83. The van der Waals surface area contributed by atoms with E-state index in [0.717, 1.165) is 5.69 Å². The number of aromatic nitrogens is 2. The first-order valence-electron chi connectivity index (χ1n) is 7.21. The van der Waals surface area contributed by atoms with Gasteiger partial charge in [0.2, 0.25) is 0 Å². The molecule has 2 aromatic carbocycles. The quantitative estimate of drug-likeness (QED) is 0.686. The average molecular weight is 317 g/mol. The van der Waals surface area contributed by atoms with E-state index in [0.29, 0.717) is 5.56 Å². The Morgan fingerprint density at radius 3 is 2.46 bits per heavy atom. The zero-order valence-corrected chi connectivity index (χ0v) is 12.7. The van der Waals surface area contributed by atoms with Gasteiger partial charge in [-0.1, -0.05) is 36.4 Å². The first kappa shape index (κ1) is 15.2. The Balaban J connectivity index is 2.12. The SMILES string of the molecule is N#Cc1c(/C(N)=C/c2ccccc2O)nn(-c2ccccc2)c1N. The second-order valence-corrected chi connectivity index (χ2v) is 5.13. The predicted molar refractivity (Wildman–Crippen MR) is 92.9 cm³/mol. The van der Waals surface area contributed by atoms with Crippen molar-refractivity contribution in [1.82, 2.24) is 9.78 Å². The number of aromatic hydroxyl groups is 1. The molecule has 118 valence electrons. The summed E-state index contributed by atoms with van der Waals surface area (Å²) < 4.78 is 1.47. The molecular formula is C18H15N5O. The molecule has 0 aliphatic carbocycles. The van der Waals surface area contributed by atoms with Gasteiger partial charge in [-0.05, 0) is 24.3 Å². The summed E-state index contributed by atoms with van der Waals surface area (Å²) in [6.07, 6.45) is 1.56. The van der Waals surface area contributed by atoms with Crippen molar-refractivity contribution >= 4 is 17.6 Å². The van der Waals surface area contributed by atoms with E-state index < -0.39 is 0 Å². The third-order valence-corrected chi connectivity index (χ3v) is 3.55. The van der Waals surface area contributed by atoms with Gasteiger partial charge in [0.05, 0.1) is 11.4 Å². The van der Waals surface area contributed by atoms with E-state index in [1.807, 2.05) is 36.4 Å². The lowest BCUT2D eigenvalue weighted by Crippen LogP contribution is -2.02. The van der Waals surface area contributed by atoms with Crippen molar-refractivity contribution in [2.24, 2.45) is 5.73 Å². The van der Waals surface area contributed by atoms with Gasteiger partial charge in [0.1, 0.15) is 28.9 Å². The van der Waals surface area contributed by atoms with Crippen molar-refractivity contribution in [3.05, 3.63) is 71.4 Å². The lowest BCUT2D eigenvalue weighted by Gasteiger charge is -2.02. The molecule has 6 nitrogen and oxygen atoms in total. The van der Waals surface area contributed by atoms with Crippen LogP contribution in [0.5, 0.6) is 5.75 Å². The molecule has 0 spiro atoms. The molecule has 0 amide bonds. The highest BCUT2D eigenvalue weighted by atomic mass is 16.3. The third kappa shape index (κ3) is 2.66. The van der Waals surface area contributed by atoms with Crippen LogP contribution in [0.15, 0.2) is 54.6 Å². The highest BCUT2D eigenvalue weighted by Gasteiger charge is 2.18. The van der Waals surface area contributed by atoms with Gasteiger partial charge in [0.25, 0.3) is 0 Å². The molecule has 24 heavy (non-hydrogen) atoms. The van der Waals surface area contributed by atoms with Gasteiger partial charge in [0.15, 0.2) is 0 Å². The van der Waals surface area contributed by atoms with E-state index in [9.17, 15) is 10.4 Å². The summed E-state index contributed by atoms with van der Waals surface area (Å²) in [4.78, 5) is 0. The van der Waals surface area contributed by atoms with Crippen molar-refractivity contribution in [2.45, 2.75) is 0 Å². The summed E-state index contributed by atoms with van der Waals surface area (Å²) in [5, 5.41) is 23.6. The fourth-order valence-electron chi connectivity index (χ4n) is 2.35. The van der Waals surface area contributed by atoms with E-state index in [-0.39, 0.29) is 28.5 Å². The molecule has 1 aromatic heterocycles. The molecule has 0 aliphatic rings. The summed E-state index contributed by atoms with van der Waals surface area (Å²) in [6, 6.07) is 18.0. The fourth-order valence-corrected chi connectivity index (χ4v) is 2.35. The molecule has 3 rings (SSSR count). The van der Waals surface area contributed by atoms with Gasteiger partial charge in [-0.3, -0.25) is 0 Å². The number of nitrogen functional groups attached to an aromatic ring is 1. The molecule has 0 aliphatic heterocycles. The molecular weight excluding hydrogens is 302 g/mol. The number of nitrogens with zero attached hydrogens (tertiary/aromatic N) is 3. The maximum absolute atomic E-state index is 9.86. The van der Waals surface area contributed by atoms with Crippen molar-refractivity contribution in [3.63, 3.8) is 0 Å². The number of rotatable bonds is 3. The minimum absolute atomic E-state index is 0.0921. The highest BCUT2D eigenvalue weighted by Crippen LogP contribution is 2.26. The first-order valence-corrected chi connectivity index (χ1v) is 7.21. The molecule has 6 heteroatoms. The number of phenols is 1. The number of nitriles is 1. The minimum atomic E-state index is 0.0921. The van der Waals surface area contributed by atoms with Gasteiger partial charge in [-0.15, -0.1) is 0 Å². The van der Waals surface area contributed by atoms with Gasteiger partial charge >= 0.3 is 0 Å². The van der Waals surface area contributed by atoms with Gasteiger partial charge in [-0.25, -0.2) is 4.68 Å². The van der Waals surface area contributed by atoms with Crippen LogP contribution in [0.25, 0.3) is 17.5 Å². The van der Waals surface area contributed by atoms with E-state index >= 15 is 0 Å². The molecule has 0 atom stereocenters. The van der Waals surface area contributed by atoms with Crippen LogP contribution in [-0.2, 0) is 0 Å². The van der Waals surface area contributed by atoms with Crippen LogP contribution in [0.2, 0.25) is 0 Å². The van der Waals surface area contributed by atoms with Crippen LogP contribution in [0.3, 0.4) is 0 Å². The number of anilines is 1. The first-order chi connectivity index (χ1) is 11.6. The van der Waals surface area contributed by atoms with Crippen molar-refractivity contribution in [3.8, 4) is 17.5 Å². The summed E-state index contributed by atoms with van der Waals surface area (Å²) in [5.74, 6) is 0.307. The average Bonchev–Trinajstić information content (AvgIpc) is 2.94. The van der Waals surface area contributed by atoms with Gasteiger partial charge < -0.3 is 16.6 Å². The Hall–Kier alpha value is -3.72. The topological polar surface area (TPSA) is 114 Å². The number of para-hydroxylation sites is 2. The Morgan fingerprint density at radius 1 is 1.12 bits per heavy atom. The number of hydrogen-bond acceptors (Lipinski definition) is 5. The number of hydrogen-bond donors (Lipinski definition) is 3. The summed E-state index contributed by atoms with van der Waals surface area (Å²) in [7, 11) is 0. The molecule has 0 bridgehead atoms. The number of phenolic OH excluding ortho intramolecular Hbond substituents is 1. The zero-order chi connectivity index (χ0) is 17.1. The third-order valence-electron chi connectivity index (χ3n) is 3.55. The van der Waals surface area contributed by atoms with Crippen LogP contribution >= 0.6 is 0 Å². The molecule has 5 N–H and O–H groups in total. The van der Waals surface area contributed by atoms with E-state index in [2.05, 4.69) is 5.10 Å². The molecule has 0 radical (unpaired) electrons. The van der Waals surface area contributed by atoms with Crippen LogP contribution < -0.4 is 11.5 Å². The Morgan fingerprint density at radius 2 is 1.79 bits per heavy atom.